The number of anilines is 1. The van der Waals surface area contributed by atoms with E-state index in [1.165, 1.54) is 38.0 Å². The van der Waals surface area contributed by atoms with Gasteiger partial charge in [0.2, 0.25) is 0 Å². The van der Waals surface area contributed by atoms with Gasteiger partial charge < -0.3 is 10.0 Å². The quantitative estimate of drug-likeness (QED) is 0.670. The third kappa shape index (κ3) is 2.82. The Morgan fingerprint density at radius 1 is 0.957 bits per heavy atom. The van der Waals surface area contributed by atoms with Gasteiger partial charge in [0.05, 0.1) is 0 Å². The van der Waals surface area contributed by atoms with Crippen molar-refractivity contribution in [2.45, 2.75) is 24.8 Å². The fourth-order valence-electron chi connectivity index (χ4n) is 3.25. The summed E-state index contributed by atoms with van der Waals surface area (Å²) in [4.78, 5) is 1.28. The molecule has 3 heteroatoms. The van der Waals surface area contributed by atoms with Gasteiger partial charge in [0.25, 0.3) is 0 Å². The maximum absolute atomic E-state index is 3.59. The first-order chi connectivity index (χ1) is 11.3. The summed E-state index contributed by atoms with van der Waals surface area (Å²) in [7, 11) is 0. The van der Waals surface area contributed by atoms with Crippen molar-refractivity contribution in [3.05, 3.63) is 71.3 Å². The summed E-state index contributed by atoms with van der Waals surface area (Å²) in [6.45, 7) is 4.21. The normalized spacial score (nSPS) is 13.8. The number of aryl methyl sites for hydroxylation is 1. The third-order valence-corrected chi connectivity index (χ3v) is 5.41. The first-order valence-electron chi connectivity index (χ1n) is 8.05. The van der Waals surface area contributed by atoms with Gasteiger partial charge in [-0.15, -0.1) is 0 Å². The van der Waals surface area contributed by atoms with E-state index in [1.807, 2.05) is 0 Å². The van der Waals surface area contributed by atoms with Gasteiger partial charge in [0.1, 0.15) is 0 Å². The van der Waals surface area contributed by atoms with Crippen molar-refractivity contribution in [3.8, 4) is 0 Å². The molecule has 116 valence electrons. The molecule has 0 radical (unpaired) electrons. The van der Waals surface area contributed by atoms with Crippen LogP contribution in [0.4, 0.5) is 5.69 Å². The van der Waals surface area contributed by atoms with Crippen molar-refractivity contribution in [2.75, 3.05) is 11.3 Å². The SMILES string of the molecule is Cc1ccc(SNc2cccc3c2CCNC3)c2ccccc12. The lowest BCUT2D eigenvalue weighted by Gasteiger charge is -2.21. The molecule has 0 atom stereocenters. The van der Waals surface area contributed by atoms with Gasteiger partial charge in [0, 0.05) is 17.1 Å². The lowest BCUT2D eigenvalue weighted by atomic mass is 9.99. The van der Waals surface area contributed by atoms with Gasteiger partial charge >= 0.3 is 0 Å². The van der Waals surface area contributed by atoms with Gasteiger partial charge in [-0.1, -0.05) is 42.5 Å². The molecule has 1 aliphatic heterocycles. The predicted molar refractivity (Wildman–Crippen MR) is 100 cm³/mol. The molecule has 2 N–H and O–H groups in total. The second kappa shape index (κ2) is 6.26. The fourth-order valence-corrected chi connectivity index (χ4v) is 4.08. The molecular weight excluding hydrogens is 300 g/mol. The van der Waals surface area contributed by atoms with E-state index in [-0.39, 0.29) is 0 Å². The number of fused-ring (bicyclic) bond motifs is 2. The molecule has 0 bridgehead atoms. The second-order valence-electron chi connectivity index (χ2n) is 6.00. The van der Waals surface area contributed by atoms with Crippen molar-refractivity contribution in [3.63, 3.8) is 0 Å². The van der Waals surface area contributed by atoms with Crippen molar-refractivity contribution in [2.24, 2.45) is 0 Å². The van der Waals surface area contributed by atoms with E-state index in [0.717, 1.165) is 19.5 Å². The summed E-state index contributed by atoms with van der Waals surface area (Å²) in [6.07, 6.45) is 1.09. The summed E-state index contributed by atoms with van der Waals surface area (Å²) in [5, 5.41) is 6.09. The summed E-state index contributed by atoms with van der Waals surface area (Å²) in [5.41, 5.74) is 5.44. The zero-order valence-corrected chi connectivity index (χ0v) is 14.0. The smallest absolute Gasteiger partial charge is 0.0479 e. The molecule has 3 aromatic rings. The molecule has 0 aliphatic carbocycles. The van der Waals surface area contributed by atoms with Crippen LogP contribution in [0.15, 0.2) is 59.5 Å². The Morgan fingerprint density at radius 2 is 1.83 bits per heavy atom. The molecule has 2 nitrogen and oxygen atoms in total. The highest BCUT2D eigenvalue weighted by molar-refractivity contribution is 8.00. The average Bonchev–Trinajstić information content (AvgIpc) is 2.61. The largest absolute Gasteiger partial charge is 0.325 e. The van der Waals surface area contributed by atoms with Crippen molar-refractivity contribution in [1.29, 1.82) is 0 Å². The van der Waals surface area contributed by atoms with Crippen molar-refractivity contribution < 1.29 is 0 Å². The summed E-state index contributed by atoms with van der Waals surface area (Å²) >= 11 is 1.71. The maximum atomic E-state index is 3.59. The van der Waals surface area contributed by atoms with E-state index >= 15 is 0 Å². The molecule has 0 fully saturated rings. The Bertz CT molecular complexity index is 857. The zero-order valence-electron chi connectivity index (χ0n) is 13.2. The van der Waals surface area contributed by atoms with Gasteiger partial charge in [-0.05, 0) is 71.4 Å². The van der Waals surface area contributed by atoms with Crippen LogP contribution < -0.4 is 10.0 Å². The highest BCUT2D eigenvalue weighted by atomic mass is 32.2. The van der Waals surface area contributed by atoms with Crippen LogP contribution in [0.3, 0.4) is 0 Å². The van der Waals surface area contributed by atoms with E-state index < -0.39 is 0 Å². The van der Waals surface area contributed by atoms with E-state index in [2.05, 4.69) is 71.6 Å². The minimum Gasteiger partial charge on any atom is -0.325 e. The molecule has 0 aromatic heterocycles. The number of hydrogen-bond donors (Lipinski definition) is 2. The van der Waals surface area contributed by atoms with E-state index in [0.29, 0.717) is 0 Å². The van der Waals surface area contributed by atoms with E-state index in [4.69, 9.17) is 0 Å². The molecule has 0 saturated heterocycles. The number of benzene rings is 3. The molecule has 1 heterocycles. The molecule has 3 aromatic carbocycles. The van der Waals surface area contributed by atoms with Gasteiger partial charge in [0.15, 0.2) is 0 Å². The molecule has 1 aliphatic rings. The van der Waals surface area contributed by atoms with Crippen LogP contribution >= 0.6 is 11.9 Å². The van der Waals surface area contributed by atoms with Crippen LogP contribution in [-0.4, -0.2) is 6.54 Å². The van der Waals surface area contributed by atoms with Crippen LogP contribution in [0.25, 0.3) is 10.8 Å². The van der Waals surface area contributed by atoms with Gasteiger partial charge in [-0.2, -0.15) is 0 Å². The molecule has 4 rings (SSSR count). The molecule has 0 amide bonds. The van der Waals surface area contributed by atoms with Crippen LogP contribution in [-0.2, 0) is 13.0 Å². The predicted octanol–water partition coefficient (Wildman–Crippen LogP) is 4.91. The third-order valence-electron chi connectivity index (χ3n) is 4.51. The number of nitrogens with one attached hydrogen (secondary N) is 2. The molecule has 0 saturated carbocycles. The molecule has 0 spiro atoms. The average molecular weight is 320 g/mol. The minimum absolute atomic E-state index is 0.975. The first kappa shape index (κ1) is 14.6. The summed E-state index contributed by atoms with van der Waals surface area (Å²) in [5.74, 6) is 0. The fraction of sp³-hybridized carbons (Fsp3) is 0.200. The zero-order chi connectivity index (χ0) is 15.6. The number of hydrogen-bond acceptors (Lipinski definition) is 3. The van der Waals surface area contributed by atoms with Gasteiger partial charge in [-0.3, -0.25) is 0 Å². The molecule has 0 unspecified atom stereocenters. The lowest BCUT2D eigenvalue weighted by molar-refractivity contribution is 0.645. The standard InChI is InChI=1S/C20H20N2S/c1-14-9-10-20(18-7-3-2-6-16(14)18)23-22-19-8-4-5-15-13-21-12-11-17(15)19/h2-10,21-22H,11-13H2,1H3. The van der Waals surface area contributed by atoms with Crippen LogP contribution in [0.1, 0.15) is 16.7 Å². The van der Waals surface area contributed by atoms with Gasteiger partial charge in [-0.25, -0.2) is 0 Å². The Labute approximate surface area is 141 Å². The maximum Gasteiger partial charge on any atom is 0.0479 e. The van der Waals surface area contributed by atoms with E-state index in [9.17, 15) is 0 Å². The second-order valence-corrected chi connectivity index (χ2v) is 6.85. The Morgan fingerprint density at radius 3 is 2.74 bits per heavy atom. The topological polar surface area (TPSA) is 24.1 Å². The van der Waals surface area contributed by atoms with Crippen molar-refractivity contribution in [1.82, 2.24) is 5.32 Å². The van der Waals surface area contributed by atoms with Crippen molar-refractivity contribution >= 4 is 28.4 Å². The summed E-state index contributed by atoms with van der Waals surface area (Å²) < 4.78 is 3.59. The van der Waals surface area contributed by atoms with Crippen LogP contribution in [0, 0.1) is 6.92 Å². The minimum atomic E-state index is 0.975. The summed E-state index contributed by atoms with van der Waals surface area (Å²) in [6, 6.07) is 19.6. The Hall–Kier alpha value is -1.97. The Balaban J connectivity index is 1.64. The monoisotopic (exact) mass is 320 g/mol. The highest BCUT2D eigenvalue weighted by Gasteiger charge is 2.13. The first-order valence-corrected chi connectivity index (χ1v) is 8.87. The van der Waals surface area contributed by atoms with E-state index in [1.54, 1.807) is 11.9 Å². The van der Waals surface area contributed by atoms with Crippen LogP contribution in [0.5, 0.6) is 0 Å². The van der Waals surface area contributed by atoms with Crippen LogP contribution in [0.2, 0.25) is 0 Å². The lowest BCUT2D eigenvalue weighted by Crippen LogP contribution is -2.24. The highest BCUT2D eigenvalue weighted by Crippen LogP contribution is 2.32. The molecular formula is C20H20N2S. The Kier molecular flexibility index (Phi) is 3.98. The molecule has 23 heavy (non-hydrogen) atoms. The number of rotatable bonds is 3.